The van der Waals surface area contributed by atoms with E-state index >= 15 is 0 Å². The molecule has 1 aromatic heterocycles. The number of amides is 1. The van der Waals surface area contributed by atoms with Crippen LogP contribution in [0.4, 0.5) is 5.69 Å². The van der Waals surface area contributed by atoms with Crippen LogP contribution in [-0.2, 0) is 4.79 Å². The summed E-state index contributed by atoms with van der Waals surface area (Å²) in [5.41, 5.74) is 3.76. The molecule has 162 valence electrons. The van der Waals surface area contributed by atoms with Crippen LogP contribution < -0.4 is 10.1 Å². The lowest BCUT2D eigenvalue weighted by atomic mass is 10.1. The Balaban J connectivity index is 1.60. The molecule has 0 saturated heterocycles. The molecule has 32 heavy (non-hydrogen) atoms. The van der Waals surface area contributed by atoms with E-state index in [9.17, 15) is 4.79 Å². The van der Waals surface area contributed by atoms with Gasteiger partial charge in [-0.25, -0.2) is 0 Å². The molecule has 8 heteroatoms. The summed E-state index contributed by atoms with van der Waals surface area (Å²) in [6.45, 7) is 2.04. The molecule has 1 heterocycles. The number of hydrogen-bond acceptors (Lipinski definition) is 5. The number of aryl methyl sites for hydroxylation is 1. The van der Waals surface area contributed by atoms with Gasteiger partial charge in [0.25, 0.3) is 0 Å². The number of methoxy groups -OCH3 is 1. The maximum absolute atomic E-state index is 12.5. The van der Waals surface area contributed by atoms with Crippen LogP contribution in [0.1, 0.15) is 5.56 Å². The molecule has 0 aliphatic rings. The number of carbonyl (C=O) groups excluding carboxylic acids is 1. The van der Waals surface area contributed by atoms with Crippen molar-refractivity contribution in [2.75, 3.05) is 18.2 Å². The monoisotopic (exact) mass is 508 g/mol. The van der Waals surface area contributed by atoms with Crippen molar-refractivity contribution in [2.45, 2.75) is 12.1 Å². The van der Waals surface area contributed by atoms with Gasteiger partial charge >= 0.3 is 0 Å². The Bertz CT molecular complexity index is 1210. The number of nitrogens with one attached hydrogen (secondary N) is 1. The number of rotatable bonds is 7. The van der Waals surface area contributed by atoms with Gasteiger partial charge in [0.1, 0.15) is 5.75 Å². The normalized spacial score (nSPS) is 10.7. The van der Waals surface area contributed by atoms with E-state index in [-0.39, 0.29) is 11.7 Å². The predicted molar refractivity (Wildman–Crippen MR) is 132 cm³/mol. The van der Waals surface area contributed by atoms with Gasteiger partial charge in [-0.05, 0) is 55.5 Å². The minimum atomic E-state index is -0.113. The Morgan fingerprint density at radius 2 is 1.69 bits per heavy atom. The van der Waals surface area contributed by atoms with Gasteiger partial charge in [-0.1, -0.05) is 57.5 Å². The largest absolute Gasteiger partial charge is 0.497 e. The highest BCUT2D eigenvalue weighted by Crippen LogP contribution is 2.29. The lowest BCUT2D eigenvalue weighted by Crippen LogP contribution is -2.14. The summed E-state index contributed by atoms with van der Waals surface area (Å²) in [5, 5.41) is 12.4. The number of aromatic nitrogens is 3. The predicted octanol–water partition coefficient (Wildman–Crippen LogP) is 5.74. The van der Waals surface area contributed by atoms with Gasteiger partial charge in [0.05, 0.1) is 12.9 Å². The zero-order chi connectivity index (χ0) is 22.5. The molecular weight excluding hydrogens is 488 g/mol. The summed E-state index contributed by atoms with van der Waals surface area (Å²) in [6, 6.07) is 23.3. The van der Waals surface area contributed by atoms with Crippen LogP contribution in [0.3, 0.4) is 0 Å². The molecule has 0 aliphatic carbocycles. The summed E-state index contributed by atoms with van der Waals surface area (Å²) in [6.07, 6.45) is 0. The van der Waals surface area contributed by atoms with Crippen molar-refractivity contribution in [1.29, 1.82) is 0 Å². The molecule has 0 saturated carbocycles. The third kappa shape index (κ3) is 5.20. The Morgan fingerprint density at radius 3 is 2.34 bits per heavy atom. The fraction of sp³-hybridized carbons (Fsp3) is 0.125. The zero-order valence-corrected chi connectivity index (χ0v) is 20.0. The van der Waals surface area contributed by atoms with Gasteiger partial charge in [-0.2, -0.15) is 0 Å². The lowest BCUT2D eigenvalue weighted by Gasteiger charge is -2.11. The van der Waals surface area contributed by atoms with Crippen molar-refractivity contribution < 1.29 is 9.53 Å². The number of anilines is 1. The van der Waals surface area contributed by atoms with Crippen molar-refractivity contribution in [1.82, 2.24) is 14.8 Å². The van der Waals surface area contributed by atoms with E-state index in [0.717, 1.165) is 27.2 Å². The first-order valence-corrected chi connectivity index (χ1v) is 11.7. The summed E-state index contributed by atoms with van der Waals surface area (Å²) in [4.78, 5) is 12.5. The van der Waals surface area contributed by atoms with E-state index in [2.05, 4.69) is 31.4 Å². The smallest absolute Gasteiger partial charge is 0.234 e. The van der Waals surface area contributed by atoms with Crippen LogP contribution in [0, 0.1) is 6.92 Å². The first kappa shape index (κ1) is 22.1. The van der Waals surface area contributed by atoms with E-state index in [0.29, 0.717) is 11.0 Å². The minimum Gasteiger partial charge on any atom is -0.497 e. The SMILES string of the molecule is COc1ccc(-n2c(SCC(=O)Nc3ccc(Br)cc3)nnc2-c2ccc(C)cc2)cc1. The van der Waals surface area contributed by atoms with Gasteiger partial charge in [-0.15, -0.1) is 10.2 Å². The average molecular weight is 509 g/mol. The molecule has 1 N–H and O–H groups in total. The van der Waals surface area contributed by atoms with Gasteiger partial charge in [0.2, 0.25) is 5.91 Å². The third-order valence-electron chi connectivity index (χ3n) is 4.73. The maximum Gasteiger partial charge on any atom is 0.234 e. The van der Waals surface area contributed by atoms with Crippen LogP contribution >= 0.6 is 27.7 Å². The number of ether oxygens (including phenoxy) is 1. The Hall–Kier alpha value is -3.10. The molecule has 4 rings (SSSR count). The molecule has 6 nitrogen and oxygen atoms in total. The number of hydrogen-bond donors (Lipinski definition) is 1. The number of nitrogens with zero attached hydrogens (tertiary/aromatic N) is 3. The highest BCUT2D eigenvalue weighted by atomic mass is 79.9. The molecule has 4 aromatic rings. The number of benzene rings is 3. The van der Waals surface area contributed by atoms with Crippen LogP contribution in [0.15, 0.2) is 82.4 Å². The summed E-state index contributed by atoms with van der Waals surface area (Å²) < 4.78 is 8.21. The quantitative estimate of drug-likeness (QED) is 0.322. The Labute approximate surface area is 199 Å². The second-order valence-electron chi connectivity index (χ2n) is 7.05. The first-order valence-electron chi connectivity index (χ1n) is 9.88. The first-order chi connectivity index (χ1) is 15.5. The zero-order valence-electron chi connectivity index (χ0n) is 17.6. The topological polar surface area (TPSA) is 69.0 Å². The minimum absolute atomic E-state index is 0.113. The van der Waals surface area contributed by atoms with Crippen molar-refractivity contribution in [2.24, 2.45) is 0 Å². The molecule has 1 amide bonds. The fourth-order valence-corrected chi connectivity index (χ4v) is 4.09. The highest BCUT2D eigenvalue weighted by molar-refractivity contribution is 9.10. The van der Waals surface area contributed by atoms with Gasteiger partial charge in [-0.3, -0.25) is 9.36 Å². The molecule has 0 bridgehead atoms. The molecule has 0 unspecified atom stereocenters. The summed E-state index contributed by atoms with van der Waals surface area (Å²) in [5.74, 6) is 1.57. The van der Waals surface area contributed by atoms with Crippen molar-refractivity contribution in [3.8, 4) is 22.8 Å². The van der Waals surface area contributed by atoms with E-state index in [4.69, 9.17) is 4.74 Å². The maximum atomic E-state index is 12.5. The summed E-state index contributed by atoms with van der Waals surface area (Å²) >= 11 is 4.73. The average Bonchev–Trinajstić information content (AvgIpc) is 3.24. The van der Waals surface area contributed by atoms with E-state index in [1.165, 1.54) is 17.3 Å². The fourth-order valence-electron chi connectivity index (χ4n) is 3.08. The molecule has 0 aliphatic heterocycles. The van der Waals surface area contributed by atoms with Crippen LogP contribution in [0.5, 0.6) is 5.75 Å². The third-order valence-corrected chi connectivity index (χ3v) is 6.19. The number of thioether (sulfide) groups is 1. The van der Waals surface area contributed by atoms with Gasteiger partial charge in [0, 0.05) is 21.4 Å². The van der Waals surface area contributed by atoms with Crippen molar-refractivity contribution in [3.05, 3.63) is 82.8 Å². The Morgan fingerprint density at radius 1 is 1.00 bits per heavy atom. The van der Waals surface area contributed by atoms with Gasteiger partial charge < -0.3 is 10.1 Å². The van der Waals surface area contributed by atoms with Crippen LogP contribution in [0.2, 0.25) is 0 Å². The molecular formula is C24H21BrN4O2S. The number of halogens is 1. The number of carbonyl (C=O) groups is 1. The lowest BCUT2D eigenvalue weighted by molar-refractivity contribution is -0.113. The van der Waals surface area contributed by atoms with Crippen LogP contribution in [0.25, 0.3) is 17.1 Å². The van der Waals surface area contributed by atoms with Crippen LogP contribution in [-0.4, -0.2) is 33.5 Å². The van der Waals surface area contributed by atoms with Crippen molar-refractivity contribution >= 4 is 39.3 Å². The van der Waals surface area contributed by atoms with E-state index in [1.807, 2.05) is 84.3 Å². The molecule has 0 radical (unpaired) electrons. The molecule has 0 fully saturated rings. The highest BCUT2D eigenvalue weighted by Gasteiger charge is 2.17. The Kier molecular flexibility index (Phi) is 6.92. The standard InChI is InChI=1S/C24H21BrN4O2S/c1-16-3-5-17(6-4-16)23-27-28-24(29(23)20-11-13-21(31-2)14-12-20)32-15-22(30)26-19-9-7-18(25)8-10-19/h3-14H,15H2,1-2H3,(H,26,30). The molecule has 0 atom stereocenters. The van der Waals surface area contributed by atoms with E-state index in [1.54, 1.807) is 7.11 Å². The molecule has 0 spiro atoms. The second kappa shape index (κ2) is 10.0. The van der Waals surface area contributed by atoms with Gasteiger partial charge in [0.15, 0.2) is 11.0 Å². The second-order valence-corrected chi connectivity index (χ2v) is 8.91. The summed E-state index contributed by atoms with van der Waals surface area (Å²) in [7, 11) is 1.64. The molecule has 3 aromatic carbocycles. The van der Waals surface area contributed by atoms with Crippen molar-refractivity contribution in [3.63, 3.8) is 0 Å². The van der Waals surface area contributed by atoms with E-state index < -0.39 is 0 Å².